The first kappa shape index (κ1) is 30.1. The van der Waals surface area contributed by atoms with Crippen LogP contribution >= 0.6 is 0 Å². The number of hydroxylamine groups is 1. The van der Waals surface area contributed by atoms with Gasteiger partial charge in [0.05, 0.1) is 11.3 Å². The van der Waals surface area contributed by atoms with Gasteiger partial charge in [-0.25, -0.2) is 14.6 Å². The Labute approximate surface area is 228 Å². The van der Waals surface area contributed by atoms with E-state index in [1.54, 1.807) is 4.90 Å². The number of nitrogens with zero attached hydrogens (tertiary/aromatic N) is 3. The van der Waals surface area contributed by atoms with Crippen molar-refractivity contribution in [3.05, 3.63) is 46.9 Å². The second-order valence-corrected chi connectivity index (χ2v) is 9.92. The summed E-state index contributed by atoms with van der Waals surface area (Å²) in [6.07, 6.45) is -6.33. The number of hydrogen-bond acceptors (Lipinski definition) is 6. The number of piperazine rings is 1. The van der Waals surface area contributed by atoms with E-state index in [0.717, 1.165) is 55.2 Å². The van der Waals surface area contributed by atoms with Crippen LogP contribution in [-0.2, 0) is 25.6 Å². The fourth-order valence-electron chi connectivity index (χ4n) is 5.03. The summed E-state index contributed by atoms with van der Waals surface area (Å²) in [7, 11) is 0. The minimum atomic E-state index is -5.54. The van der Waals surface area contributed by atoms with E-state index >= 15 is 0 Å². The third-order valence-electron chi connectivity index (χ3n) is 7.08. The van der Waals surface area contributed by atoms with Gasteiger partial charge in [-0.05, 0) is 36.6 Å². The number of halogens is 7. The minimum absolute atomic E-state index is 0.0571. The first-order valence-corrected chi connectivity index (χ1v) is 12.7. The SMILES string of the molecule is O=C1NN(OC(=O)C(F)(F)F)C(Cc2ccc(F)c(C(=O)N3CCN(C4CCCCC4)C(=O)C3)c2)=CC1C(F)(F)F. The number of allylic oxidation sites excluding steroid dienone is 1. The summed E-state index contributed by atoms with van der Waals surface area (Å²) < 4.78 is 92.9. The summed E-state index contributed by atoms with van der Waals surface area (Å²) in [5.74, 6) is -9.56. The van der Waals surface area contributed by atoms with Crippen molar-refractivity contribution in [3.8, 4) is 0 Å². The van der Waals surface area contributed by atoms with E-state index in [-0.39, 0.29) is 48.4 Å². The predicted octanol–water partition coefficient (Wildman–Crippen LogP) is 3.42. The zero-order valence-corrected chi connectivity index (χ0v) is 21.4. The maximum Gasteiger partial charge on any atom is 0.493 e. The van der Waals surface area contributed by atoms with Crippen molar-refractivity contribution in [3.63, 3.8) is 0 Å². The molecule has 1 aromatic carbocycles. The molecule has 1 atom stereocenters. The molecule has 0 aromatic heterocycles. The molecule has 2 aliphatic heterocycles. The van der Waals surface area contributed by atoms with Crippen molar-refractivity contribution in [1.29, 1.82) is 0 Å². The highest BCUT2D eigenvalue weighted by atomic mass is 19.4. The zero-order chi connectivity index (χ0) is 30.1. The topological polar surface area (TPSA) is 99.3 Å². The van der Waals surface area contributed by atoms with Crippen molar-refractivity contribution in [2.45, 2.75) is 56.9 Å². The molecule has 16 heteroatoms. The number of hydrogen-bond donors (Lipinski definition) is 1. The Morgan fingerprint density at radius 3 is 2.29 bits per heavy atom. The van der Waals surface area contributed by atoms with E-state index in [1.807, 2.05) is 0 Å². The number of carbonyl (C=O) groups excluding carboxylic acids is 4. The first-order chi connectivity index (χ1) is 19.1. The van der Waals surface area contributed by atoms with Gasteiger partial charge in [-0.15, -0.1) is 5.17 Å². The molecular weight excluding hydrogens is 569 g/mol. The Hall–Kier alpha value is -3.85. The molecule has 1 aliphatic carbocycles. The highest BCUT2D eigenvalue weighted by molar-refractivity contribution is 5.97. The van der Waals surface area contributed by atoms with Crippen molar-refractivity contribution in [1.82, 2.24) is 20.4 Å². The summed E-state index contributed by atoms with van der Waals surface area (Å²) in [6.45, 7) is 0.0719. The third kappa shape index (κ3) is 6.90. The van der Waals surface area contributed by atoms with Crippen LogP contribution in [0.2, 0.25) is 0 Å². The van der Waals surface area contributed by atoms with Gasteiger partial charge in [-0.2, -0.15) is 26.3 Å². The molecule has 1 aromatic rings. The van der Waals surface area contributed by atoms with Gasteiger partial charge in [0.2, 0.25) is 5.91 Å². The summed E-state index contributed by atoms with van der Waals surface area (Å²) in [6, 6.07) is 2.94. The number of hydrazine groups is 1. The smallest absolute Gasteiger partial charge is 0.336 e. The van der Waals surface area contributed by atoms with Gasteiger partial charge in [0.15, 0.2) is 5.92 Å². The number of rotatable bonds is 5. The molecule has 3 aliphatic rings. The molecule has 0 radical (unpaired) electrons. The molecule has 9 nitrogen and oxygen atoms in total. The lowest BCUT2D eigenvalue weighted by molar-refractivity contribution is -0.245. The van der Waals surface area contributed by atoms with Gasteiger partial charge < -0.3 is 14.6 Å². The molecule has 1 saturated carbocycles. The van der Waals surface area contributed by atoms with Crippen LogP contribution < -0.4 is 5.43 Å². The lowest BCUT2D eigenvalue weighted by Gasteiger charge is -2.40. The summed E-state index contributed by atoms with van der Waals surface area (Å²) in [4.78, 5) is 56.0. The molecular formula is C25H25F7N4O5. The van der Waals surface area contributed by atoms with Gasteiger partial charge >= 0.3 is 18.3 Å². The summed E-state index contributed by atoms with van der Waals surface area (Å²) in [5.41, 5.74) is 0.146. The van der Waals surface area contributed by atoms with Crippen molar-refractivity contribution in [2.24, 2.45) is 5.92 Å². The first-order valence-electron chi connectivity index (χ1n) is 12.7. The molecule has 1 saturated heterocycles. The Kier molecular flexibility index (Phi) is 8.49. The highest BCUT2D eigenvalue weighted by Gasteiger charge is 2.49. The molecule has 1 N–H and O–H groups in total. The maximum absolute atomic E-state index is 14.7. The number of benzene rings is 1. The Bertz CT molecular complexity index is 1240. The number of amides is 3. The van der Waals surface area contributed by atoms with Gasteiger partial charge in [0.1, 0.15) is 12.4 Å². The van der Waals surface area contributed by atoms with Crippen LogP contribution in [0, 0.1) is 11.7 Å². The second kappa shape index (κ2) is 11.6. The minimum Gasteiger partial charge on any atom is -0.336 e. The van der Waals surface area contributed by atoms with Crippen LogP contribution in [0.1, 0.15) is 48.0 Å². The van der Waals surface area contributed by atoms with E-state index < -0.39 is 59.6 Å². The monoisotopic (exact) mass is 594 g/mol. The molecule has 2 heterocycles. The molecule has 0 bridgehead atoms. The average Bonchev–Trinajstić information content (AvgIpc) is 2.90. The average molecular weight is 594 g/mol. The molecule has 4 rings (SSSR count). The normalized spacial score (nSPS) is 21.0. The fourth-order valence-corrected chi connectivity index (χ4v) is 5.03. The molecule has 3 amide bonds. The zero-order valence-electron chi connectivity index (χ0n) is 21.4. The number of nitrogens with one attached hydrogen (secondary N) is 1. The van der Waals surface area contributed by atoms with E-state index in [4.69, 9.17) is 0 Å². The van der Waals surface area contributed by atoms with E-state index in [2.05, 4.69) is 4.84 Å². The lowest BCUT2D eigenvalue weighted by atomic mass is 9.93. The summed E-state index contributed by atoms with van der Waals surface area (Å²) >= 11 is 0. The van der Waals surface area contributed by atoms with E-state index in [9.17, 15) is 49.9 Å². The Morgan fingerprint density at radius 1 is 1.00 bits per heavy atom. The van der Waals surface area contributed by atoms with Crippen LogP contribution in [0.25, 0.3) is 0 Å². The van der Waals surface area contributed by atoms with E-state index in [0.29, 0.717) is 0 Å². The van der Waals surface area contributed by atoms with Crippen LogP contribution in [0.4, 0.5) is 30.7 Å². The molecule has 2 fully saturated rings. The Morgan fingerprint density at radius 2 is 1.68 bits per heavy atom. The van der Waals surface area contributed by atoms with Crippen LogP contribution in [0.3, 0.4) is 0 Å². The molecule has 0 spiro atoms. The van der Waals surface area contributed by atoms with Crippen molar-refractivity contribution >= 4 is 23.7 Å². The standard InChI is InChI=1S/C25H25F7N4O5/c26-19-7-6-14(10-16-12-18(24(27,28)29)21(38)33-36(16)41-23(40)25(30,31)32)11-17(19)22(39)34-8-9-35(20(37)13-34)15-4-2-1-3-5-15/h6-7,11-12,15,18H,1-5,8-10,13H2,(H,33,38). The molecule has 224 valence electrons. The van der Waals surface area contributed by atoms with Crippen molar-refractivity contribution in [2.75, 3.05) is 19.6 Å². The molecule has 41 heavy (non-hydrogen) atoms. The van der Waals surface area contributed by atoms with Crippen LogP contribution in [0.15, 0.2) is 30.0 Å². The number of alkyl halides is 6. The fraction of sp³-hybridized carbons (Fsp3) is 0.520. The lowest BCUT2D eigenvalue weighted by Crippen LogP contribution is -2.55. The van der Waals surface area contributed by atoms with Gasteiger partial charge in [0, 0.05) is 25.6 Å². The quantitative estimate of drug-likeness (QED) is 0.525. The highest BCUT2D eigenvalue weighted by Crippen LogP contribution is 2.33. The van der Waals surface area contributed by atoms with Crippen LogP contribution in [0.5, 0.6) is 0 Å². The van der Waals surface area contributed by atoms with Gasteiger partial charge in [-0.3, -0.25) is 14.4 Å². The van der Waals surface area contributed by atoms with Gasteiger partial charge in [0.25, 0.3) is 11.8 Å². The number of carbonyl (C=O) groups is 4. The maximum atomic E-state index is 14.7. The second-order valence-electron chi connectivity index (χ2n) is 9.92. The van der Waals surface area contributed by atoms with Crippen LogP contribution in [-0.4, -0.2) is 76.7 Å². The van der Waals surface area contributed by atoms with E-state index in [1.165, 1.54) is 5.43 Å². The Balaban J connectivity index is 1.54. The largest absolute Gasteiger partial charge is 0.493 e. The summed E-state index contributed by atoms with van der Waals surface area (Å²) in [5, 5.41) is -0.144. The third-order valence-corrected chi connectivity index (χ3v) is 7.08. The van der Waals surface area contributed by atoms with Crippen molar-refractivity contribution < 1.29 is 54.7 Å². The predicted molar refractivity (Wildman–Crippen MR) is 124 cm³/mol. The van der Waals surface area contributed by atoms with Gasteiger partial charge in [-0.1, -0.05) is 25.3 Å². The molecule has 1 unspecified atom stereocenters.